The van der Waals surface area contributed by atoms with Gasteiger partial charge < -0.3 is 11.5 Å². The van der Waals surface area contributed by atoms with Crippen molar-refractivity contribution in [3.8, 4) is 0 Å². The van der Waals surface area contributed by atoms with Crippen LogP contribution in [0.4, 0.5) is 0 Å². The summed E-state index contributed by atoms with van der Waals surface area (Å²) in [4.78, 5) is 0. The molecule has 0 spiro atoms. The van der Waals surface area contributed by atoms with E-state index in [1.54, 1.807) is 0 Å². The molecule has 1 rings (SSSR count). The molecule has 2 atom stereocenters. The summed E-state index contributed by atoms with van der Waals surface area (Å²) < 4.78 is 0. The third-order valence-electron chi connectivity index (χ3n) is 3.17. The van der Waals surface area contributed by atoms with Crippen molar-refractivity contribution in [3.05, 3.63) is 34.4 Å². The summed E-state index contributed by atoms with van der Waals surface area (Å²) >= 11 is 0. The molecule has 0 bridgehead atoms. The second kappa shape index (κ2) is 5.46. The van der Waals surface area contributed by atoms with Crippen LogP contribution in [0, 0.1) is 26.7 Å². The van der Waals surface area contributed by atoms with E-state index in [4.69, 9.17) is 11.5 Å². The normalized spacial score (nSPS) is 14.9. The van der Waals surface area contributed by atoms with Crippen LogP contribution in [0.3, 0.4) is 0 Å². The second-order valence-corrected chi connectivity index (χ2v) is 5.00. The fourth-order valence-corrected chi connectivity index (χ4v) is 2.42. The van der Waals surface area contributed by atoms with Crippen LogP contribution in [0.5, 0.6) is 0 Å². The van der Waals surface area contributed by atoms with Crippen molar-refractivity contribution < 1.29 is 0 Å². The molecule has 0 fully saturated rings. The maximum absolute atomic E-state index is 6.27. The Kier molecular flexibility index (Phi) is 4.51. The molecule has 90 valence electrons. The first-order valence-corrected chi connectivity index (χ1v) is 5.99. The first kappa shape index (κ1) is 13.2. The van der Waals surface area contributed by atoms with Gasteiger partial charge in [-0.15, -0.1) is 0 Å². The topological polar surface area (TPSA) is 52.0 Å². The SMILES string of the molecule is Cc1cc(C)c(C(N)CC(C)CN)c(C)c1. The third kappa shape index (κ3) is 3.06. The average molecular weight is 220 g/mol. The average Bonchev–Trinajstić information content (AvgIpc) is 2.15. The van der Waals surface area contributed by atoms with Crippen molar-refractivity contribution in [2.24, 2.45) is 17.4 Å². The number of rotatable bonds is 4. The Hall–Kier alpha value is -0.860. The summed E-state index contributed by atoms with van der Waals surface area (Å²) in [5.41, 5.74) is 17.1. The van der Waals surface area contributed by atoms with E-state index in [1.165, 1.54) is 22.3 Å². The van der Waals surface area contributed by atoms with Crippen LogP contribution in [-0.2, 0) is 0 Å². The van der Waals surface area contributed by atoms with E-state index in [2.05, 4.69) is 39.8 Å². The van der Waals surface area contributed by atoms with Crippen LogP contribution in [-0.4, -0.2) is 6.54 Å². The molecule has 1 aromatic carbocycles. The minimum atomic E-state index is 0.110. The van der Waals surface area contributed by atoms with Crippen molar-refractivity contribution in [3.63, 3.8) is 0 Å². The molecule has 2 unspecified atom stereocenters. The van der Waals surface area contributed by atoms with Crippen molar-refractivity contribution in [1.82, 2.24) is 0 Å². The third-order valence-corrected chi connectivity index (χ3v) is 3.17. The molecule has 0 saturated heterocycles. The zero-order valence-electron chi connectivity index (χ0n) is 10.9. The smallest absolute Gasteiger partial charge is 0.0303 e. The van der Waals surface area contributed by atoms with E-state index >= 15 is 0 Å². The monoisotopic (exact) mass is 220 g/mol. The molecule has 2 heteroatoms. The summed E-state index contributed by atoms with van der Waals surface area (Å²) in [5, 5.41) is 0. The van der Waals surface area contributed by atoms with Crippen molar-refractivity contribution >= 4 is 0 Å². The number of aryl methyl sites for hydroxylation is 3. The summed E-state index contributed by atoms with van der Waals surface area (Å²) in [6.45, 7) is 9.26. The Morgan fingerprint density at radius 3 is 2.06 bits per heavy atom. The zero-order chi connectivity index (χ0) is 12.3. The minimum Gasteiger partial charge on any atom is -0.330 e. The molecule has 0 aliphatic heterocycles. The van der Waals surface area contributed by atoms with Gasteiger partial charge in [0.05, 0.1) is 0 Å². The van der Waals surface area contributed by atoms with Crippen molar-refractivity contribution in [2.75, 3.05) is 6.54 Å². The van der Waals surface area contributed by atoms with Gasteiger partial charge in [-0.05, 0) is 56.3 Å². The lowest BCUT2D eigenvalue weighted by Gasteiger charge is -2.21. The minimum absolute atomic E-state index is 0.110. The van der Waals surface area contributed by atoms with Gasteiger partial charge in [0, 0.05) is 6.04 Å². The largest absolute Gasteiger partial charge is 0.330 e. The highest BCUT2D eigenvalue weighted by Gasteiger charge is 2.14. The zero-order valence-corrected chi connectivity index (χ0v) is 10.9. The molecule has 0 aromatic heterocycles. The standard InChI is InChI=1S/C14H24N2/c1-9-5-11(3)14(12(4)6-9)13(16)7-10(2)8-15/h5-6,10,13H,7-8,15-16H2,1-4H3. The Labute approximate surface area is 99.0 Å². The number of benzene rings is 1. The molecule has 0 aliphatic carbocycles. The van der Waals surface area contributed by atoms with Crippen molar-refractivity contribution in [2.45, 2.75) is 40.2 Å². The fourth-order valence-electron chi connectivity index (χ4n) is 2.42. The first-order valence-electron chi connectivity index (χ1n) is 5.99. The Bertz CT molecular complexity index is 335. The molecular formula is C14H24N2. The van der Waals surface area contributed by atoms with Crippen molar-refractivity contribution in [1.29, 1.82) is 0 Å². The molecule has 0 amide bonds. The van der Waals surface area contributed by atoms with Gasteiger partial charge in [0.25, 0.3) is 0 Å². The molecule has 0 radical (unpaired) electrons. The molecule has 0 heterocycles. The van der Waals surface area contributed by atoms with E-state index in [-0.39, 0.29) is 6.04 Å². The maximum atomic E-state index is 6.27. The molecule has 2 nitrogen and oxygen atoms in total. The molecule has 16 heavy (non-hydrogen) atoms. The predicted octanol–water partition coefficient (Wildman–Crippen LogP) is 2.60. The van der Waals surface area contributed by atoms with Gasteiger partial charge >= 0.3 is 0 Å². The summed E-state index contributed by atoms with van der Waals surface area (Å²) in [5.74, 6) is 0.482. The lowest BCUT2D eigenvalue weighted by Crippen LogP contribution is -2.20. The second-order valence-electron chi connectivity index (χ2n) is 5.00. The molecule has 0 saturated carbocycles. The van der Waals surface area contributed by atoms with E-state index < -0.39 is 0 Å². The predicted molar refractivity (Wildman–Crippen MR) is 70.4 cm³/mol. The van der Waals surface area contributed by atoms with Crippen LogP contribution in [0.2, 0.25) is 0 Å². The highest BCUT2D eigenvalue weighted by atomic mass is 14.6. The van der Waals surface area contributed by atoms with Crippen LogP contribution in [0.1, 0.15) is 41.6 Å². The van der Waals surface area contributed by atoms with Gasteiger partial charge in [-0.2, -0.15) is 0 Å². The molecule has 4 N–H and O–H groups in total. The Morgan fingerprint density at radius 1 is 1.12 bits per heavy atom. The highest BCUT2D eigenvalue weighted by molar-refractivity contribution is 5.39. The quantitative estimate of drug-likeness (QED) is 0.819. The van der Waals surface area contributed by atoms with Gasteiger partial charge in [-0.3, -0.25) is 0 Å². The van der Waals surface area contributed by atoms with E-state index in [0.29, 0.717) is 12.5 Å². The van der Waals surface area contributed by atoms with Crippen LogP contribution >= 0.6 is 0 Å². The number of nitrogens with two attached hydrogens (primary N) is 2. The lowest BCUT2D eigenvalue weighted by atomic mass is 9.89. The Balaban J connectivity index is 2.95. The van der Waals surface area contributed by atoms with E-state index in [9.17, 15) is 0 Å². The van der Waals surface area contributed by atoms with Gasteiger partial charge in [-0.1, -0.05) is 24.6 Å². The maximum Gasteiger partial charge on any atom is 0.0303 e. The van der Waals surface area contributed by atoms with Gasteiger partial charge in [0.15, 0.2) is 0 Å². The van der Waals surface area contributed by atoms with Crippen LogP contribution in [0.15, 0.2) is 12.1 Å². The number of hydrogen-bond acceptors (Lipinski definition) is 2. The van der Waals surface area contributed by atoms with Crippen LogP contribution in [0.25, 0.3) is 0 Å². The lowest BCUT2D eigenvalue weighted by molar-refractivity contribution is 0.480. The van der Waals surface area contributed by atoms with Gasteiger partial charge in [0.1, 0.15) is 0 Å². The van der Waals surface area contributed by atoms with Crippen LogP contribution < -0.4 is 11.5 Å². The Morgan fingerprint density at radius 2 is 1.62 bits per heavy atom. The highest BCUT2D eigenvalue weighted by Crippen LogP contribution is 2.26. The molecular weight excluding hydrogens is 196 g/mol. The van der Waals surface area contributed by atoms with Gasteiger partial charge in [-0.25, -0.2) is 0 Å². The summed E-state index contributed by atoms with van der Waals surface area (Å²) in [6.07, 6.45) is 0.960. The van der Waals surface area contributed by atoms with E-state index in [0.717, 1.165) is 6.42 Å². The fraction of sp³-hybridized carbons (Fsp3) is 0.571. The van der Waals surface area contributed by atoms with E-state index in [1.807, 2.05) is 0 Å². The number of hydrogen-bond donors (Lipinski definition) is 2. The molecule has 1 aromatic rings. The first-order chi connectivity index (χ1) is 7.45. The molecule has 0 aliphatic rings. The van der Waals surface area contributed by atoms with Gasteiger partial charge in [0.2, 0.25) is 0 Å². The summed E-state index contributed by atoms with van der Waals surface area (Å²) in [7, 11) is 0. The summed E-state index contributed by atoms with van der Waals surface area (Å²) in [6, 6.07) is 4.52.